The molecule has 1 fully saturated rings. The first-order valence-electron chi connectivity index (χ1n) is 15.6. The van der Waals surface area contributed by atoms with Crippen LogP contribution < -0.4 is 15.8 Å². The molecule has 1 saturated heterocycles. The number of thiophene rings is 1. The molecule has 234 valence electrons. The van der Waals surface area contributed by atoms with Crippen LogP contribution in [0.5, 0.6) is 5.75 Å². The zero-order valence-corrected chi connectivity index (χ0v) is 25.8. The van der Waals surface area contributed by atoms with Crippen molar-refractivity contribution in [3.8, 4) is 27.6 Å². The lowest BCUT2D eigenvalue weighted by Crippen LogP contribution is -2.22. The van der Waals surface area contributed by atoms with Gasteiger partial charge in [-0.1, -0.05) is 30.3 Å². The molecule has 4 aromatic heterocycles. The Bertz CT molecular complexity index is 2260. The number of carbonyl (C=O) groups excluding carboxylic acids is 1. The van der Waals surface area contributed by atoms with Crippen LogP contribution in [-0.4, -0.2) is 44.1 Å². The van der Waals surface area contributed by atoms with E-state index in [-0.39, 0.29) is 29.7 Å². The number of pyridine rings is 2. The lowest BCUT2D eigenvalue weighted by Gasteiger charge is -2.16. The predicted octanol–water partition coefficient (Wildman–Crippen LogP) is 6.46. The normalized spacial score (nSPS) is 18.0. The van der Waals surface area contributed by atoms with Crippen LogP contribution in [0.15, 0.2) is 76.1 Å². The fourth-order valence-electron chi connectivity index (χ4n) is 7.10. The zero-order valence-electron chi connectivity index (χ0n) is 25.0. The van der Waals surface area contributed by atoms with Crippen molar-refractivity contribution >= 4 is 33.1 Å². The van der Waals surface area contributed by atoms with E-state index in [4.69, 9.17) is 19.1 Å². The number of nitrogens with zero attached hydrogens (tertiary/aromatic N) is 4. The molecule has 1 amide bonds. The lowest BCUT2D eigenvalue weighted by atomic mass is 9.93. The molecule has 0 spiro atoms. The molecule has 0 radical (unpaired) electrons. The Labute approximate surface area is 271 Å². The van der Waals surface area contributed by atoms with Gasteiger partial charge in [0, 0.05) is 28.7 Å². The van der Waals surface area contributed by atoms with E-state index in [0.717, 1.165) is 50.4 Å². The summed E-state index contributed by atoms with van der Waals surface area (Å²) in [5, 5.41) is 11.2. The van der Waals surface area contributed by atoms with Crippen LogP contribution in [-0.2, 0) is 12.8 Å². The van der Waals surface area contributed by atoms with Crippen LogP contribution in [0.3, 0.4) is 0 Å². The second kappa shape index (κ2) is 10.9. The molecular weight excluding hydrogens is 619 g/mol. The summed E-state index contributed by atoms with van der Waals surface area (Å²) in [7, 11) is 0. The maximum atomic E-state index is 14.1. The summed E-state index contributed by atoms with van der Waals surface area (Å²) < 4.78 is 26.1. The van der Waals surface area contributed by atoms with Gasteiger partial charge in [-0.25, -0.2) is 19.3 Å². The quantitative estimate of drug-likeness (QED) is 0.202. The molecule has 3 aliphatic rings. The van der Waals surface area contributed by atoms with Crippen molar-refractivity contribution in [1.29, 1.82) is 0 Å². The van der Waals surface area contributed by atoms with E-state index in [2.05, 4.69) is 27.6 Å². The number of fused-ring (bicyclic) bond motifs is 5. The number of aryl methyl sites for hydroxylation is 2. The summed E-state index contributed by atoms with van der Waals surface area (Å²) in [6.07, 6.45) is 4.52. The van der Waals surface area contributed by atoms with Crippen LogP contribution >= 0.6 is 11.3 Å². The summed E-state index contributed by atoms with van der Waals surface area (Å²) >= 11 is 1.51. The fourth-order valence-corrected chi connectivity index (χ4v) is 8.26. The highest BCUT2D eigenvalue weighted by atomic mass is 32.1. The largest absolute Gasteiger partial charge is 0.491 e. The highest BCUT2D eigenvalue weighted by Crippen LogP contribution is 2.50. The molecule has 1 unspecified atom stereocenters. The topological polar surface area (TPSA) is 126 Å². The second-order valence-electron chi connectivity index (χ2n) is 12.0. The van der Waals surface area contributed by atoms with Gasteiger partial charge in [0.05, 0.1) is 39.3 Å². The van der Waals surface area contributed by atoms with E-state index in [1.807, 2.05) is 29.2 Å². The Kier molecular flexibility index (Phi) is 6.46. The van der Waals surface area contributed by atoms with Crippen LogP contribution in [0.4, 0.5) is 10.2 Å². The number of nitrogens with one attached hydrogen (secondary N) is 2. The third-order valence-electron chi connectivity index (χ3n) is 9.25. The predicted molar refractivity (Wildman–Crippen MR) is 174 cm³/mol. The van der Waals surface area contributed by atoms with Gasteiger partial charge in [-0.3, -0.25) is 9.78 Å². The summed E-state index contributed by atoms with van der Waals surface area (Å²) in [6, 6.07) is 18.2. The minimum absolute atomic E-state index is 0.0688. The van der Waals surface area contributed by atoms with Gasteiger partial charge in [0.25, 0.3) is 11.8 Å². The molecule has 2 aromatic carbocycles. The van der Waals surface area contributed by atoms with E-state index < -0.39 is 5.76 Å². The van der Waals surface area contributed by atoms with Crippen molar-refractivity contribution in [2.45, 2.75) is 37.8 Å². The Morgan fingerprint density at radius 2 is 1.91 bits per heavy atom. The number of amides is 1. The summed E-state index contributed by atoms with van der Waals surface area (Å²) in [4.78, 5) is 38.9. The average Bonchev–Trinajstić information content (AvgIpc) is 3.92. The number of H-pyrrole nitrogens is 1. The minimum Gasteiger partial charge on any atom is -0.491 e. The number of carbonyl (C=O) groups is 1. The van der Waals surface area contributed by atoms with E-state index in [1.165, 1.54) is 23.5 Å². The molecule has 2 atom stereocenters. The van der Waals surface area contributed by atoms with Gasteiger partial charge in [0.2, 0.25) is 0 Å². The number of rotatable bonds is 7. The summed E-state index contributed by atoms with van der Waals surface area (Å²) in [5.41, 5.74) is 5.09. The molecule has 10 nitrogen and oxygen atoms in total. The Hall–Kier alpha value is -5.36. The number of para-hydroxylation sites is 1. The molecule has 7 heterocycles. The smallest absolute Gasteiger partial charge is 0.434 e. The maximum Gasteiger partial charge on any atom is 0.434 e. The van der Waals surface area contributed by atoms with Gasteiger partial charge in [-0.05, 0) is 67.0 Å². The molecule has 2 N–H and O–H groups in total. The van der Waals surface area contributed by atoms with Crippen LogP contribution in [0.25, 0.3) is 32.0 Å². The molecule has 6 aromatic rings. The fraction of sp³-hybridized carbons (Fsp3) is 0.229. The average molecular weight is 647 g/mol. The zero-order chi connectivity index (χ0) is 31.6. The first kappa shape index (κ1) is 27.9. The molecule has 3 aliphatic heterocycles. The standard InChI is InChI=1S/C35H27FN6O4S/c36-20-10-7-18(8-11-20)9-12-22-27(33-40-41-35(44)46-33)28(29-30(38-22)24-5-3-15-42(24)34(29)43)26-16-19-13-14-37-32(31(19)47-26)39-23-17-45-25-6-2-1-4-21(23)25/h1-2,4,6-8,10-11,13-14,16,23-24H,3,5,9,12,15,17H2,(H,37,39)(H,41,44)/t23-,24?/m1/s1. The van der Waals surface area contributed by atoms with Crippen molar-refractivity contribution in [2.75, 3.05) is 18.5 Å². The SMILES string of the molecule is O=C1c2c(nc(CCc3ccc(F)cc3)c(-c3n[nH]c(=O)o3)c2-c2cc3ccnc(N[C@@H]4COc5ccccc54)c3s2)C2CCCN12. The Morgan fingerprint density at radius 1 is 1.04 bits per heavy atom. The monoisotopic (exact) mass is 646 g/mol. The van der Waals surface area contributed by atoms with E-state index >= 15 is 0 Å². The second-order valence-corrected chi connectivity index (χ2v) is 13.1. The lowest BCUT2D eigenvalue weighted by molar-refractivity contribution is 0.0776. The van der Waals surface area contributed by atoms with Gasteiger partial charge in [-0.15, -0.1) is 16.4 Å². The molecule has 9 rings (SSSR count). The molecule has 0 aliphatic carbocycles. The highest BCUT2D eigenvalue weighted by molar-refractivity contribution is 7.23. The van der Waals surface area contributed by atoms with Crippen molar-refractivity contribution in [2.24, 2.45) is 0 Å². The van der Waals surface area contributed by atoms with Crippen LogP contribution in [0.2, 0.25) is 0 Å². The van der Waals surface area contributed by atoms with Crippen LogP contribution in [0, 0.1) is 5.82 Å². The van der Waals surface area contributed by atoms with Crippen molar-refractivity contribution in [3.05, 3.63) is 111 Å². The van der Waals surface area contributed by atoms with E-state index in [1.54, 1.807) is 18.3 Å². The summed E-state index contributed by atoms with van der Waals surface area (Å²) in [5.74, 6) is 0.558. The van der Waals surface area contributed by atoms with Gasteiger partial charge < -0.3 is 19.4 Å². The van der Waals surface area contributed by atoms with Crippen molar-refractivity contribution in [1.82, 2.24) is 25.1 Å². The number of benzene rings is 2. The number of aromatic nitrogens is 4. The van der Waals surface area contributed by atoms with Gasteiger partial charge in [0.1, 0.15) is 24.0 Å². The van der Waals surface area contributed by atoms with Crippen molar-refractivity contribution < 1.29 is 18.3 Å². The number of hydrogen-bond donors (Lipinski definition) is 2. The molecule has 0 bridgehead atoms. The Balaban J connectivity index is 1.22. The Morgan fingerprint density at radius 3 is 2.77 bits per heavy atom. The number of aromatic amines is 1. The third-order valence-corrected chi connectivity index (χ3v) is 10.4. The number of halogens is 1. The number of ether oxygens (including phenoxy) is 1. The van der Waals surface area contributed by atoms with E-state index in [9.17, 15) is 14.0 Å². The first-order valence-corrected chi connectivity index (χ1v) is 16.4. The maximum absolute atomic E-state index is 14.1. The van der Waals surface area contributed by atoms with E-state index in [0.29, 0.717) is 54.2 Å². The molecule has 47 heavy (non-hydrogen) atoms. The molecular formula is C35H27FN6O4S. The van der Waals surface area contributed by atoms with Crippen molar-refractivity contribution in [3.63, 3.8) is 0 Å². The summed E-state index contributed by atoms with van der Waals surface area (Å²) in [6.45, 7) is 1.14. The highest BCUT2D eigenvalue weighted by Gasteiger charge is 2.45. The van der Waals surface area contributed by atoms with Gasteiger partial charge in [0.15, 0.2) is 0 Å². The van der Waals surface area contributed by atoms with Gasteiger partial charge in [-0.2, -0.15) is 0 Å². The molecule has 0 saturated carbocycles. The number of anilines is 1. The first-order chi connectivity index (χ1) is 23.0. The number of hydrogen-bond acceptors (Lipinski definition) is 9. The van der Waals surface area contributed by atoms with Crippen LogP contribution in [0.1, 0.15) is 57.8 Å². The molecule has 12 heteroatoms. The third kappa shape index (κ3) is 4.62. The minimum atomic E-state index is -0.700. The van der Waals surface area contributed by atoms with Gasteiger partial charge >= 0.3 is 5.76 Å².